The molecule has 0 amide bonds. The second-order valence-electron chi connectivity index (χ2n) is 6.82. The van der Waals surface area contributed by atoms with Gasteiger partial charge in [-0.2, -0.15) is 0 Å². The van der Waals surface area contributed by atoms with Gasteiger partial charge in [-0.25, -0.2) is 8.42 Å². The SMILES string of the molecule is CN=C(NCCS(=O)(=O)C(C)(C)C)NCc1cc(OC)c(OC)c(OC)c1. The van der Waals surface area contributed by atoms with Crippen LogP contribution in [0, 0.1) is 0 Å². The Hall–Kier alpha value is -2.16. The van der Waals surface area contributed by atoms with Gasteiger partial charge in [-0.05, 0) is 38.5 Å². The lowest BCUT2D eigenvalue weighted by atomic mass is 10.2. The van der Waals surface area contributed by atoms with Crippen molar-refractivity contribution in [2.24, 2.45) is 4.99 Å². The molecule has 1 rings (SSSR count). The largest absolute Gasteiger partial charge is 0.493 e. The smallest absolute Gasteiger partial charge is 0.203 e. The Labute approximate surface area is 162 Å². The molecule has 8 nitrogen and oxygen atoms in total. The summed E-state index contributed by atoms with van der Waals surface area (Å²) in [5, 5.41) is 6.16. The number of benzene rings is 1. The van der Waals surface area contributed by atoms with Crippen LogP contribution in [0.15, 0.2) is 17.1 Å². The summed E-state index contributed by atoms with van der Waals surface area (Å²) < 4.78 is 39.5. The quantitative estimate of drug-likeness (QED) is 0.504. The third-order valence-electron chi connectivity index (χ3n) is 4.00. The molecular formula is C18H31N3O5S. The van der Waals surface area contributed by atoms with E-state index in [1.807, 2.05) is 12.1 Å². The lowest BCUT2D eigenvalue weighted by Gasteiger charge is -2.20. The minimum atomic E-state index is -3.19. The molecule has 0 aliphatic carbocycles. The van der Waals surface area contributed by atoms with Crippen LogP contribution < -0.4 is 24.8 Å². The van der Waals surface area contributed by atoms with Crippen molar-refractivity contribution in [3.8, 4) is 17.2 Å². The van der Waals surface area contributed by atoms with Gasteiger partial charge in [0, 0.05) is 20.1 Å². The molecule has 0 spiro atoms. The number of rotatable bonds is 8. The minimum absolute atomic E-state index is 0.0291. The standard InChI is InChI=1S/C18H31N3O5S/c1-18(2,3)27(22,23)9-8-20-17(19-4)21-12-13-10-14(24-5)16(26-7)15(11-13)25-6/h10-11H,8-9,12H2,1-7H3,(H2,19,20,21). The summed E-state index contributed by atoms with van der Waals surface area (Å²) in [5.41, 5.74) is 0.898. The second-order valence-corrected chi connectivity index (χ2v) is 9.68. The highest BCUT2D eigenvalue weighted by atomic mass is 32.2. The number of sulfone groups is 1. The number of ether oxygens (including phenoxy) is 3. The molecule has 1 aromatic carbocycles. The number of hydrogen-bond donors (Lipinski definition) is 2. The summed E-state index contributed by atoms with van der Waals surface area (Å²) in [6.07, 6.45) is 0. The summed E-state index contributed by atoms with van der Waals surface area (Å²) in [4.78, 5) is 4.12. The van der Waals surface area contributed by atoms with E-state index in [4.69, 9.17) is 14.2 Å². The van der Waals surface area contributed by atoms with E-state index in [2.05, 4.69) is 15.6 Å². The molecule has 0 bridgehead atoms. The summed E-state index contributed by atoms with van der Waals surface area (Å²) in [7, 11) is 3.11. The van der Waals surface area contributed by atoms with Crippen LogP contribution in [0.25, 0.3) is 0 Å². The predicted octanol–water partition coefficient (Wildman–Crippen LogP) is 1.59. The molecule has 0 aromatic heterocycles. The number of nitrogens with zero attached hydrogens (tertiary/aromatic N) is 1. The Bertz CT molecular complexity index is 730. The summed E-state index contributed by atoms with van der Waals surface area (Å²) in [6, 6.07) is 3.68. The van der Waals surface area contributed by atoms with Crippen molar-refractivity contribution in [3.05, 3.63) is 17.7 Å². The molecule has 0 saturated carbocycles. The van der Waals surface area contributed by atoms with Crippen molar-refractivity contribution in [2.75, 3.05) is 40.7 Å². The van der Waals surface area contributed by atoms with Crippen LogP contribution in [0.1, 0.15) is 26.3 Å². The van der Waals surface area contributed by atoms with E-state index in [1.165, 1.54) is 0 Å². The van der Waals surface area contributed by atoms with E-state index in [0.29, 0.717) is 29.8 Å². The Morgan fingerprint density at radius 3 is 2.00 bits per heavy atom. The molecular weight excluding hydrogens is 370 g/mol. The van der Waals surface area contributed by atoms with E-state index < -0.39 is 14.6 Å². The lowest BCUT2D eigenvalue weighted by Crippen LogP contribution is -2.41. The Morgan fingerprint density at radius 1 is 1.04 bits per heavy atom. The molecule has 0 unspecified atom stereocenters. The molecule has 154 valence electrons. The van der Waals surface area contributed by atoms with Gasteiger partial charge < -0.3 is 24.8 Å². The van der Waals surface area contributed by atoms with E-state index in [0.717, 1.165) is 5.56 Å². The van der Waals surface area contributed by atoms with Gasteiger partial charge in [-0.3, -0.25) is 4.99 Å². The first kappa shape index (κ1) is 22.9. The molecule has 9 heteroatoms. The molecule has 0 aliphatic heterocycles. The molecule has 0 radical (unpaired) electrons. The number of hydrogen-bond acceptors (Lipinski definition) is 6. The van der Waals surface area contributed by atoms with Crippen LogP contribution in [0.4, 0.5) is 0 Å². The van der Waals surface area contributed by atoms with Crippen molar-refractivity contribution in [3.63, 3.8) is 0 Å². The van der Waals surface area contributed by atoms with Gasteiger partial charge in [-0.15, -0.1) is 0 Å². The monoisotopic (exact) mass is 401 g/mol. The summed E-state index contributed by atoms with van der Waals surface area (Å²) >= 11 is 0. The molecule has 0 heterocycles. The van der Waals surface area contributed by atoms with E-state index in [1.54, 1.807) is 49.1 Å². The third kappa shape index (κ3) is 6.20. The Kier molecular flexibility index (Phi) is 8.20. The first-order chi connectivity index (χ1) is 12.6. The van der Waals surface area contributed by atoms with Crippen LogP contribution >= 0.6 is 0 Å². The second kappa shape index (κ2) is 9.68. The summed E-state index contributed by atoms with van der Waals surface area (Å²) in [5.74, 6) is 2.19. The lowest BCUT2D eigenvalue weighted by molar-refractivity contribution is 0.323. The average molecular weight is 402 g/mol. The van der Waals surface area contributed by atoms with E-state index >= 15 is 0 Å². The predicted molar refractivity (Wildman–Crippen MR) is 108 cm³/mol. The average Bonchev–Trinajstić information content (AvgIpc) is 2.62. The number of guanidine groups is 1. The van der Waals surface area contributed by atoms with Gasteiger partial charge >= 0.3 is 0 Å². The summed E-state index contributed by atoms with van der Waals surface area (Å²) in [6.45, 7) is 5.80. The normalized spacial score (nSPS) is 12.5. The van der Waals surface area contributed by atoms with Crippen LogP contribution in [0.5, 0.6) is 17.2 Å². The zero-order valence-electron chi connectivity index (χ0n) is 17.2. The molecule has 0 aliphatic rings. The van der Waals surface area contributed by atoms with Gasteiger partial charge in [0.1, 0.15) is 0 Å². The molecule has 0 fully saturated rings. The fraction of sp³-hybridized carbons (Fsp3) is 0.611. The van der Waals surface area contributed by atoms with Crippen LogP contribution in [0.3, 0.4) is 0 Å². The van der Waals surface area contributed by atoms with Gasteiger partial charge in [0.2, 0.25) is 5.75 Å². The zero-order chi connectivity index (χ0) is 20.7. The maximum Gasteiger partial charge on any atom is 0.203 e. The highest BCUT2D eigenvalue weighted by Gasteiger charge is 2.28. The highest BCUT2D eigenvalue weighted by Crippen LogP contribution is 2.38. The maximum absolute atomic E-state index is 12.2. The number of aliphatic imine (C=N–C) groups is 1. The topological polar surface area (TPSA) is 98.3 Å². The number of nitrogens with one attached hydrogen (secondary N) is 2. The van der Waals surface area contributed by atoms with E-state index in [-0.39, 0.29) is 12.3 Å². The van der Waals surface area contributed by atoms with Crippen LogP contribution in [-0.4, -0.2) is 59.8 Å². The van der Waals surface area contributed by atoms with Crippen molar-refractivity contribution in [1.82, 2.24) is 10.6 Å². The van der Waals surface area contributed by atoms with Crippen molar-refractivity contribution < 1.29 is 22.6 Å². The van der Waals surface area contributed by atoms with Gasteiger partial charge in [0.05, 0.1) is 31.8 Å². The Balaban J connectivity index is 2.73. The molecule has 0 atom stereocenters. The first-order valence-electron chi connectivity index (χ1n) is 8.55. The van der Waals surface area contributed by atoms with Crippen LogP contribution in [0.2, 0.25) is 0 Å². The van der Waals surface area contributed by atoms with Gasteiger partial charge in [-0.1, -0.05) is 0 Å². The minimum Gasteiger partial charge on any atom is -0.493 e. The third-order valence-corrected chi connectivity index (χ3v) is 6.61. The molecule has 2 N–H and O–H groups in total. The van der Waals surface area contributed by atoms with Gasteiger partial charge in [0.25, 0.3) is 0 Å². The molecule has 0 saturated heterocycles. The molecule has 27 heavy (non-hydrogen) atoms. The first-order valence-corrected chi connectivity index (χ1v) is 10.2. The van der Waals surface area contributed by atoms with E-state index in [9.17, 15) is 8.42 Å². The molecule has 1 aromatic rings. The van der Waals surface area contributed by atoms with Crippen LogP contribution in [-0.2, 0) is 16.4 Å². The Morgan fingerprint density at radius 2 is 1.59 bits per heavy atom. The maximum atomic E-state index is 12.2. The highest BCUT2D eigenvalue weighted by molar-refractivity contribution is 7.92. The zero-order valence-corrected chi connectivity index (χ0v) is 18.0. The fourth-order valence-electron chi connectivity index (χ4n) is 2.25. The van der Waals surface area contributed by atoms with Gasteiger partial charge in [0.15, 0.2) is 27.3 Å². The van der Waals surface area contributed by atoms with Crippen molar-refractivity contribution in [1.29, 1.82) is 0 Å². The number of methoxy groups -OCH3 is 3. The van der Waals surface area contributed by atoms with Crippen molar-refractivity contribution in [2.45, 2.75) is 32.1 Å². The van der Waals surface area contributed by atoms with Crippen molar-refractivity contribution >= 4 is 15.8 Å². The fourth-order valence-corrected chi connectivity index (χ4v) is 3.24.